The molecule has 2 aliphatic heterocycles. The number of aliphatic hydroxyl groups is 1. The first-order valence-corrected chi connectivity index (χ1v) is 7.54. The molecule has 0 radical (unpaired) electrons. The third kappa shape index (κ3) is 1.29. The first-order valence-electron chi connectivity index (χ1n) is 7.54. The predicted octanol–water partition coefficient (Wildman–Crippen LogP) is 1.88. The molecule has 0 amide bonds. The Morgan fingerprint density at radius 3 is 3.11 bits per heavy atom. The fraction of sp³-hybridized carbons (Fsp3) is 0.688. The van der Waals surface area contributed by atoms with Crippen molar-refractivity contribution in [3.63, 3.8) is 0 Å². The van der Waals surface area contributed by atoms with Crippen LogP contribution in [0.5, 0.6) is 0 Å². The van der Waals surface area contributed by atoms with Gasteiger partial charge in [0.2, 0.25) is 0 Å². The molecule has 19 heavy (non-hydrogen) atoms. The minimum Gasteiger partial charge on any atom is -0.392 e. The summed E-state index contributed by atoms with van der Waals surface area (Å²) >= 11 is 0. The van der Waals surface area contributed by atoms with Crippen LogP contribution in [0.1, 0.15) is 32.6 Å². The Balaban J connectivity index is 1.97. The van der Waals surface area contributed by atoms with Crippen molar-refractivity contribution < 1.29 is 9.90 Å². The summed E-state index contributed by atoms with van der Waals surface area (Å²) in [4.78, 5) is 14.9. The second-order valence-electron chi connectivity index (χ2n) is 6.60. The van der Waals surface area contributed by atoms with Crippen molar-refractivity contribution in [1.82, 2.24) is 4.90 Å². The fourth-order valence-electron chi connectivity index (χ4n) is 4.93. The molecule has 2 aliphatic carbocycles. The lowest BCUT2D eigenvalue weighted by molar-refractivity contribution is -0.115. The largest absolute Gasteiger partial charge is 0.392 e. The molecule has 0 aromatic heterocycles. The number of aliphatic hydroxyl groups excluding tert-OH is 1. The Morgan fingerprint density at radius 2 is 2.26 bits per heavy atom. The monoisotopic (exact) mass is 259 g/mol. The molecule has 3 heteroatoms. The van der Waals surface area contributed by atoms with E-state index in [2.05, 4.69) is 24.0 Å². The van der Waals surface area contributed by atoms with Gasteiger partial charge in [-0.3, -0.25) is 4.79 Å². The van der Waals surface area contributed by atoms with E-state index in [0.29, 0.717) is 6.42 Å². The molecule has 2 fully saturated rings. The third-order valence-electron chi connectivity index (χ3n) is 5.74. The Bertz CT molecular complexity index is 507. The van der Waals surface area contributed by atoms with Gasteiger partial charge in [-0.25, -0.2) is 0 Å². The van der Waals surface area contributed by atoms with Gasteiger partial charge < -0.3 is 10.0 Å². The van der Waals surface area contributed by atoms with Crippen molar-refractivity contribution in [2.45, 2.75) is 38.7 Å². The zero-order chi connectivity index (χ0) is 13.2. The Labute approximate surface area is 114 Å². The van der Waals surface area contributed by atoms with Crippen LogP contribution in [0.2, 0.25) is 0 Å². The zero-order valence-electron chi connectivity index (χ0n) is 11.4. The number of ketones is 1. The van der Waals surface area contributed by atoms with Crippen LogP contribution >= 0.6 is 0 Å². The standard InChI is InChI=1S/C16H21NO2/c1-10-8-14-16-5-3-7-17(14)6-2-4-11(16)13(18)9-12(16)15(10)19/h4,8,10,12,15,19H,2-3,5-7,9H2,1H3/t10-,12+,15+,16+/m1/s1. The summed E-state index contributed by atoms with van der Waals surface area (Å²) in [5.74, 6) is 0.564. The normalized spacial score (nSPS) is 44.4. The second kappa shape index (κ2) is 3.72. The van der Waals surface area contributed by atoms with E-state index in [4.69, 9.17) is 0 Å². The average Bonchev–Trinajstić information content (AvgIpc) is 2.62. The van der Waals surface area contributed by atoms with E-state index in [1.807, 2.05) is 0 Å². The molecule has 2 bridgehead atoms. The van der Waals surface area contributed by atoms with Gasteiger partial charge in [-0.2, -0.15) is 0 Å². The number of hydrogen-bond donors (Lipinski definition) is 1. The number of Topliss-reactive ketones (excluding diaryl/α,β-unsaturated/α-hetero) is 1. The van der Waals surface area contributed by atoms with E-state index >= 15 is 0 Å². The van der Waals surface area contributed by atoms with Gasteiger partial charge in [0.1, 0.15) is 0 Å². The topological polar surface area (TPSA) is 40.5 Å². The van der Waals surface area contributed by atoms with Crippen LogP contribution in [0, 0.1) is 17.3 Å². The summed E-state index contributed by atoms with van der Waals surface area (Å²) in [6, 6.07) is 0. The van der Waals surface area contributed by atoms with Crippen LogP contribution in [0.15, 0.2) is 23.4 Å². The van der Waals surface area contributed by atoms with Crippen molar-refractivity contribution in [1.29, 1.82) is 0 Å². The molecular formula is C16H21NO2. The quantitative estimate of drug-likeness (QED) is 0.722. The molecule has 1 saturated heterocycles. The molecule has 1 N–H and O–H groups in total. The lowest BCUT2D eigenvalue weighted by atomic mass is 9.60. The summed E-state index contributed by atoms with van der Waals surface area (Å²) in [6.07, 6.45) is 7.75. The van der Waals surface area contributed by atoms with Gasteiger partial charge in [0.05, 0.1) is 6.10 Å². The first-order chi connectivity index (χ1) is 9.14. The van der Waals surface area contributed by atoms with E-state index < -0.39 is 0 Å². The van der Waals surface area contributed by atoms with Gasteiger partial charge in [0.25, 0.3) is 0 Å². The van der Waals surface area contributed by atoms with Crippen molar-refractivity contribution in [3.8, 4) is 0 Å². The van der Waals surface area contributed by atoms with Gasteiger partial charge in [-0.15, -0.1) is 0 Å². The molecule has 4 atom stereocenters. The van der Waals surface area contributed by atoms with Crippen LogP contribution in [0.3, 0.4) is 0 Å². The highest BCUT2D eigenvalue weighted by Gasteiger charge is 2.60. The van der Waals surface area contributed by atoms with Crippen molar-refractivity contribution in [2.75, 3.05) is 13.1 Å². The average molecular weight is 259 g/mol. The number of carbonyl (C=O) groups excluding carboxylic acids is 1. The number of carbonyl (C=O) groups is 1. The summed E-state index contributed by atoms with van der Waals surface area (Å²) in [7, 11) is 0. The summed E-state index contributed by atoms with van der Waals surface area (Å²) in [6.45, 7) is 4.22. The predicted molar refractivity (Wildman–Crippen MR) is 72.3 cm³/mol. The molecule has 4 aliphatic rings. The summed E-state index contributed by atoms with van der Waals surface area (Å²) in [5, 5.41) is 10.6. The molecule has 0 aromatic carbocycles. The smallest absolute Gasteiger partial charge is 0.159 e. The highest BCUT2D eigenvalue weighted by Crippen LogP contribution is 2.61. The van der Waals surface area contributed by atoms with E-state index in [0.717, 1.165) is 37.9 Å². The van der Waals surface area contributed by atoms with Gasteiger partial charge in [-0.1, -0.05) is 19.1 Å². The van der Waals surface area contributed by atoms with Gasteiger partial charge in [-0.05, 0) is 19.3 Å². The molecule has 1 spiro atoms. The fourth-order valence-corrected chi connectivity index (χ4v) is 4.93. The summed E-state index contributed by atoms with van der Waals surface area (Å²) < 4.78 is 0. The number of allylic oxidation sites excluding steroid dienone is 1. The van der Waals surface area contributed by atoms with Gasteiger partial charge >= 0.3 is 0 Å². The van der Waals surface area contributed by atoms with Crippen LogP contribution < -0.4 is 0 Å². The van der Waals surface area contributed by atoms with E-state index in [9.17, 15) is 9.90 Å². The zero-order valence-corrected chi connectivity index (χ0v) is 11.4. The minimum atomic E-state index is -0.364. The van der Waals surface area contributed by atoms with Crippen molar-refractivity contribution >= 4 is 5.78 Å². The van der Waals surface area contributed by atoms with Crippen LogP contribution in [-0.4, -0.2) is 35.0 Å². The molecule has 4 rings (SSSR count). The maximum absolute atomic E-state index is 12.4. The molecule has 102 valence electrons. The molecule has 1 saturated carbocycles. The highest BCUT2D eigenvalue weighted by atomic mass is 16.3. The maximum Gasteiger partial charge on any atom is 0.159 e. The molecule has 2 heterocycles. The van der Waals surface area contributed by atoms with Crippen LogP contribution in [0.25, 0.3) is 0 Å². The SMILES string of the molecule is C[C@@H]1C=C2N3CCC=C4C(=O)C[C@@H]([C@H]1O)[C@]42CCC3. The van der Waals surface area contributed by atoms with E-state index in [1.54, 1.807) is 0 Å². The van der Waals surface area contributed by atoms with Crippen molar-refractivity contribution in [2.24, 2.45) is 17.3 Å². The minimum absolute atomic E-state index is 0.113. The number of piperidine rings is 1. The molecule has 0 unspecified atom stereocenters. The van der Waals surface area contributed by atoms with Gasteiger partial charge in [0.15, 0.2) is 5.78 Å². The first kappa shape index (κ1) is 11.7. The van der Waals surface area contributed by atoms with Crippen LogP contribution in [0.4, 0.5) is 0 Å². The Morgan fingerprint density at radius 1 is 1.42 bits per heavy atom. The summed E-state index contributed by atoms with van der Waals surface area (Å²) in [5.41, 5.74) is 2.24. The molecular weight excluding hydrogens is 238 g/mol. The van der Waals surface area contributed by atoms with Gasteiger partial charge in [0, 0.05) is 48.0 Å². The molecule has 0 aromatic rings. The highest BCUT2D eigenvalue weighted by molar-refractivity contribution is 6.00. The maximum atomic E-state index is 12.4. The number of nitrogens with zero attached hydrogens (tertiary/aromatic N) is 1. The van der Waals surface area contributed by atoms with E-state index in [-0.39, 0.29) is 29.1 Å². The lowest BCUT2D eigenvalue weighted by Crippen LogP contribution is -2.50. The number of rotatable bonds is 0. The Kier molecular flexibility index (Phi) is 2.29. The molecule has 3 nitrogen and oxygen atoms in total. The Hall–Kier alpha value is -1.09. The van der Waals surface area contributed by atoms with Crippen molar-refractivity contribution in [3.05, 3.63) is 23.4 Å². The van der Waals surface area contributed by atoms with E-state index in [1.165, 1.54) is 5.70 Å². The second-order valence-corrected chi connectivity index (χ2v) is 6.60. The lowest BCUT2D eigenvalue weighted by Gasteiger charge is -2.51. The van der Waals surface area contributed by atoms with Crippen LogP contribution in [-0.2, 0) is 4.79 Å². The number of hydrogen-bond acceptors (Lipinski definition) is 3. The third-order valence-corrected chi connectivity index (χ3v) is 5.74.